The Kier molecular flexibility index (Phi) is 5.78. The summed E-state index contributed by atoms with van der Waals surface area (Å²) in [5.41, 5.74) is 3.08. The molecule has 0 atom stereocenters. The Balaban J connectivity index is 2.52. The van der Waals surface area contributed by atoms with E-state index in [-0.39, 0.29) is 0 Å². The number of hydrogen-bond acceptors (Lipinski definition) is 4. The van der Waals surface area contributed by atoms with Crippen molar-refractivity contribution >= 4 is 5.82 Å². The van der Waals surface area contributed by atoms with Crippen LogP contribution in [0.2, 0.25) is 0 Å². The van der Waals surface area contributed by atoms with Crippen molar-refractivity contribution in [2.24, 2.45) is 0 Å². The fraction of sp³-hybridized carbons (Fsp3) is 0.611. The van der Waals surface area contributed by atoms with Gasteiger partial charge in [-0.15, -0.1) is 0 Å². The van der Waals surface area contributed by atoms with Crippen LogP contribution in [0.4, 0.5) is 5.82 Å². The van der Waals surface area contributed by atoms with Crippen LogP contribution < -0.4 is 4.90 Å². The number of nitriles is 2. The summed E-state index contributed by atoms with van der Waals surface area (Å²) in [5, 5.41) is 19.2. The molecule has 0 amide bonds. The molecule has 0 aromatic carbocycles. The average molecular weight is 296 g/mol. The minimum absolute atomic E-state index is 0.459. The second kappa shape index (κ2) is 7.80. The number of rotatable bonds is 4. The van der Waals surface area contributed by atoms with Gasteiger partial charge < -0.3 is 4.90 Å². The number of aryl methyl sites for hydroxylation is 1. The summed E-state index contributed by atoms with van der Waals surface area (Å²) in [4.78, 5) is 6.83. The number of hydrogen-bond donors (Lipinski definition) is 0. The van der Waals surface area contributed by atoms with Crippen molar-refractivity contribution in [2.45, 2.75) is 58.3 Å². The molecule has 4 heteroatoms. The van der Waals surface area contributed by atoms with Gasteiger partial charge in [-0.3, -0.25) is 0 Å². The van der Waals surface area contributed by atoms with Crippen LogP contribution in [0, 0.1) is 22.7 Å². The van der Waals surface area contributed by atoms with Gasteiger partial charge in [-0.05, 0) is 37.7 Å². The monoisotopic (exact) mass is 296 g/mol. The fourth-order valence-corrected chi connectivity index (χ4v) is 3.09. The average Bonchev–Trinajstić information content (AvgIpc) is 2.51. The molecule has 0 saturated heterocycles. The van der Waals surface area contributed by atoms with E-state index in [1.54, 1.807) is 0 Å². The molecule has 2 rings (SSSR count). The van der Waals surface area contributed by atoms with Gasteiger partial charge in [0.15, 0.2) is 0 Å². The highest BCUT2D eigenvalue weighted by Gasteiger charge is 2.22. The van der Waals surface area contributed by atoms with Crippen LogP contribution in [0.3, 0.4) is 0 Å². The van der Waals surface area contributed by atoms with Gasteiger partial charge in [-0.1, -0.05) is 26.2 Å². The first-order chi connectivity index (χ1) is 10.7. The Bertz CT molecular complexity index is 607. The van der Waals surface area contributed by atoms with Gasteiger partial charge in [-0.2, -0.15) is 10.5 Å². The summed E-state index contributed by atoms with van der Waals surface area (Å²) in [7, 11) is 1.97. The van der Waals surface area contributed by atoms with E-state index in [1.165, 1.54) is 12.8 Å². The number of nitrogens with zero attached hydrogens (tertiary/aromatic N) is 4. The third-order valence-corrected chi connectivity index (χ3v) is 4.39. The predicted molar refractivity (Wildman–Crippen MR) is 87.7 cm³/mol. The van der Waals surface area contributed by atoms with Gasteiger partial charge in [0.05, 0.1) is 5.56 Å². The fourth-order valence-electron chi connectivity index (χ4n) is 3.09. The van der Waals surface area contributed by atoms with E-state index in [4.69, 9.17) is 4.98 Å². The Hall–Kier alpha value is -2.07. The van der Waals surface area contributed by atoms with Crippen LogP contribution in [0.15, 0.2) is 0 Å². The van der Waals surface area contributed by atoms with E-state index >= 15 is 0 Å². The van der Waals surface area contributed by atoms with E-state index in [9.17, 15) is 10.5 Å². The lowest BCUT2D eigenvalue weighted by atomic mass is 9.91. The molecule has 116 valence electrons. The molecule has 22 heavy (non-hydrogen) atoms. The zero-order valence-electron chi connectivity index (χ0n) is 13.7. The Morgan fingerprint density at radius 3 is 2.36 bits per heavy atom. The van der Waals surface area contributed by atoms with Crippen LogP contribution in [-0.4, -0.2) is 18.6 Å². The number of pyridine rings is 1. The van der Waals surface area contributed by atoms with Gasteiger partial charge in [0.1, 0.15) is 23.5 Å². The lowest BCUT2D eigenvalue weighted by Crippen LogP contribution is -2.23. The molecule has 0 N–H and O–H groups in total. The molecule has 1 aliphatic rings. The smallest absolute Gasteiger partial charge is 0.147 e. The molecule has 0 radical (unpaired) electrons. The first kappa shape index (κ1) is 16.3. The molecule has 0 fully saturated rings. The van der Waals surface area contributed by atoms with Crippen LogP contribution >= 0.6 is 0 Å². The highest BCUT2D eigenvalue weighted by Crippen LogP contribution is 2.29. The highest BCUT2D eigenvalue weighted by molar-refractivity contribution is 5.64. The SMILES string of the molecule is CCCCN(C)c1nc2c(c(C#N)c1C#N)CCCCCC2. The quantitative estimate of drug-likeness (QED) is 0.849. The molecule has 0 bridgehead atoms. The van der Waals surface area contributed by atoms with Crippen molar-refractivity contribution in [2.75, 3.05) is 18.5 Å². The van der Waals surface area contributed by atoms with Crippen LogP contribution in [0.5, 0.6) is 0 Å². The van der Waals surface area contributed by atoms with E-state index in [0.717, 1.165) is 56.3 Å². The number of unbranched alkanes of at least 4 members (excludes halogenated alkanes) is 1. The summed E-state index contributed by atoms with van der Waals surface area (Å²) in [6.07, 6.45) is 8.58. The molecule has 4 nitrogen and oxygen atoms in total. The molecular weight excluding hydrogens is 272 g/mol. The Labute approximate surface area is 133 Å². The maximum atomic E-state index is 9.60. The molecule has 1 aliphatic carbocycles. The van der Waals surface area contributed by atoms with Gasteiger partial charge in [0.25, 0.3) is 0 Å². The van der Waals surface area contributed by atoms with Gasteiger partial charge in [0, 0.05) is 19.3 Å². The van der Waals surface area contributed by atoms with Gasteiger partial charge >= 0.3 is 0 Å². The molecule has 0 saturated carbocycles. The zero-order valence-corrected chi connectivity index (χ0v) is 13.7. The largest absolute Gasteiger partial charge is 0.359 e. The Morgan fingerprint density at radius 1 is 1.05 bits per heavy atom. The van der Waals surface area contributed by atoms with E-state index in [2.05, 4.69) is 19.1 Å². The minimum Gasteiger partial charge on any atom is -0.359 e. The van der Waals surface area contributed by atoms with Crippen molar-refractivity contribution in [3.63, 3.8) is 0 Å². The lowest BCUT2D eigenvalue weighted by molar-refractivity contribution is 0.607. The molecule has 1 aromatic heterocycles. The summed E-state index contributed by atoms with van der Waals surface area (Å²) in [6.45, 7) is 3.01. The molecular formula is C18H24N4. The minimum atomic E-state index is 0.459. The third kappa shape index (κ3) is 3.39. The number of anilines is 1. The predicted octanol–water partition coefficient (Wildman–Crippen LogP) is 3.72. The summed E-state index contributed by atoms with van der Waals surface area (Å²) < 4.78 is 0. The van der Waals surface area contributed by atoms with Crippen molar-refractivity contribution in [1.29, 1.82) is 10.5 Å². The molecule has 1 heterocycles. The van der Waals surface area contributed by atoms with Gasteiger partial charge in [-0.25, -0.2) is 4.98 Å². The third-order valence-electron chi connectivity index (χ3n) is 4.39. The summed E-state index contributed by atoms with van der Waals surface area (Å²) in [5.74, 6) is 0.687. The van der Waals surface area contributed by atoms with E-state index in [1.807, 2.05) is 11.9 Å². The first-order valence-corrected chi connectivity index (χ1v) is 8.30. The first-order valence-electron chi connectivity index (χ1n) is 8.30. The topological polar surface area (TPSA) is 63.7 Å². The normalized spacial score (nSPS) is 14.2. The van der Waals surface area contributed by atoms with Crippen molar-refractivity contribution in [3.8, 4) is 12.1 Å². The number of fused-ring (bicyclic) bond motifs is 1. The summed E-state index contributed by atoms with van der Waals surface area (Å²) in [6, 6.07) is 4.52. The second-order valence-electron chi connectivity index (χ2n) is 6.02. The van der Waals surface area contributed by atoms with Crippen LogP contribution in [0.25, 0.3) is 0 Å². The van der Waals surface area contributed by atoms with Gasteiger partial charge in [0.2, 0.25) is 0 Å². The zero-order chi connectivity index (χ0) is 15.9. The standard InChI is InChI=1S/C18H24N4/c1-3-4-11-22(2)18-16(13-20)15(12-19)14-9-7-5-6-8-10-17(14)21-18/h3-11H2,1-2H3. The molecule has 0 aliphatic heterocycles. The Morgan fingerprint density at radius 2 is 1.73 bits per heavy atom. The molecule has 0 spiro atoms. The highest BCUT2D eigenvalue weighted by atomic mass is 15.2. The summed E-state index contributed by atoms with van der Waals surface area (Å²) >= 11 is 0. The van der Waals surface area contributed by atoms with Crippen LogP contribution in [-0.2, 0) is 12.8 Å². The van der Waals surface area contributed by atoms with E-state index < -0.39 is 0 Å². The molecule has 0 unspecified atom stereocenters. The lowest BCUT2D eigenvalue weighted by Gasteiger charge is -2.23. The maximum Gasteiger partial charge on any atom is 0.147 e. The van der Waals surface area contributed by atoms with Crippen LogP contribution in [0.1, 0.15) is 67.8 Å². The molecule has 1 aromatic rings. The number of aromatic nitrogens is 1. The van der Waals surface area contributed by atoms with Crippen molar-refractivity contribution < 1.29 is 0 Å². The van der Waals surface area contributed by atoms with Crippen molar-refractivity contribution in [3.05, 3.63) is 22.4 Å². The maximum absolute atomic E-state index is 9.60. The second-order valence-corrected chi connectivity index (χ2v) is 6.02. The van der Waals surface area contributed by atoms with Crippen molar-refractivity contribution in [1.82, 2.24) is 4.98 Å². The van der Waals surface area contributed by atoms with E-state index in [0.29, 0.717) is 16.9 Å².